The van der Waals surface area contributed by atoms with Crippen molar-refractivity contribution in [2.75, 3.05) is 25.0 Å². The number of anilines is 1. The minimum Gasteiger partial charge on any atom is -0.317 e. The number of nitrogens with one attached hydrogen (secondary N) is 1. The van der Waals surface area contributed by atoms with Crippen LogP contribution in [0.2, 0.25) is 0 Å². The van der Waals surface area contributed by atoms with Gasteiger partial charge >= 0.3 is 12.2 Å². The number of hydrogen-bond donors (Lipinski definition) is 1. The van der Waals surface area contributed by atoms with Crippen LogP contribution in [0.3, 0.4) is 0 Å². The van der Waals surface area contributed by atoms with Crippen molar-refractivity contribution in [2.45, 2.75) is 38.0 Å². The summed E-state index contributed by atoms with van der Waals surface area (Å²) in [6.07, 6.45) is 1.54. The SMILES string of the molecule is O=C(Nc1cccc(C(F)(F)F)c1)N(Cc1cccnc1)C1CCN(CCc2cccs2)CC1. The van der Waals surface area contributed by atoms with Crippen LogP contribution in [0.25, 0.3) is 0 Å². The zero-order chi connectivity index (χ0) is 24.0. The van der Waals surface area contributed by atoms with Crippen molar-refractivity contribution in [1.82, 2.24) is 14.8 Å². The first-order valence-electron chi connectivity index (χ1n) is 11.3. The summed E-state index contributed by atoms with van der Waals surface area (Å²) in [6, 6.07) is 12.2. The van der Waals surface area contributed by atoms with E-state index >= 15 is 0 Å². The van der Waals surface area contributed by atoms with E-state index in [1.807, 2.05) is 12.1 Å². The Hall–Kier alpha value is -2.91. The van der Waals surface area contributed by atoms with Gasteiger partial charge in [0, 0.05) is 55.2 Å². The third-order valence-electron chi connectivity index (χ3n) is 6.03. The van der Waals surface area contributed by atoms with Crippen LogP contribution >= 0.6 is 11.3 Å². The summed E-state index contributed by atoms with van der Waals surface area (Å²) in [6.45, 7) is 3.07. The summed E-state index contributed by atoms with van der Waals surface area (Å²) in [7, 11) is 0. The van der Waals surface area contributed by atoms with Crippen molar-refractivity contribution in [2.24, 2.45) is 0 Å². The Kier molecular flexibility index (Phi) is 7.84. The molecule has 1 N–H and O–H groups in total. The van der Waals surface area contributed by atoms with E-state index in [-0.39, 0.29) is 11.7 Å². The molecule has 2 aromatic heterocycles. The first kappa shape index (κ1) is 24.2. The topological polar surface area (TPSA) is 48.5 Å². The van der Waals surface area contributed by atoms with Crippen molar-refractivity contribution in [3.63, 3.8) is 0 Å². The van der Waals surface area contributed by atoms with Crippen LogP contribution in [-0.2, 0) is 19.1 Å². The molecule has 4 rings (SSSR count). The number of halogens is 3. The van der Waals surface area contributed by atoms with E-state index in [0.29, 0.717) is 6.54 Å². The number of rotatable bonds is 7. The van der Waals surface area contributed by atoms with Crippen molar-refractivity contribution < 1.29 is 18.0 Å². The number of pyridine rings is 1. The van der Waals surface area contributed by atoms with Gasteiger partial charge in [0.2, 0.25) is 0 Å². The fourth-order valence-corrected chi connectivity index (χ4v) is 4.90. The Morgan fingerprint density at radius 1 is 1.15 bits per heavy atom. The standard InChI is InChI=1S/C25H27F3N4OS/c26-25(27,28)20-5-1-6-21(16-20)30-24(33)32(18-19-4-2-11-29-17-19)22-8-12-31(13-9-22)14-10-23-7-3-15-34-23/h1-7,11,15-17,22H,8-10,12-14,18H2,(H,30,33). The third-order valence-corrected chi connectivity index (χ3v) is 6.97. The van der Waals surface area contributed by atoms with Gasteiger partial charge in [0.25, 0.3) is 0 Å². The highest BCUT2D eigenvalue weighted by atomic mass is 32.1. The average Bonchev–Trinajstić information content (AvgIpc) is 3.36. The number of nitrogens with zero attached hydrogens (tertiary/aromatic N) is 3. The number of piperidine rings is 1. The van der Waals surface area contributed by atoms with Gasteiger partial charge in [-0.25, -0.2) is 4.79 Å². The second kappa shape index (κ2) is 11.0. The highest BCUT2D eigenvalue weighted by Crippen LogP contribution is 2.31. The highest BCUT2D eigenvalue weighted by molar-refractivity contribution is 7.09. The molecule has 0 aliphatic carbocycles. The lowest BCUT2D eigenvalue weighted by Crippen LogP contribution is -2.48. The number of carbonyl (C=O) groups is 1. The maximum absolute atomic E-state index is 13.2. The van der Waals surface area contributed by atoms with Crippen molar-refractivity contribution in [1.29, 1.82) is 0 Å². The molecule has 9 heteroatoms. The molecule has 3 heterocycles. The molecule has 0 spiro atoms. The summed E-state index contributed by atoms with van der Waals surface area (Å²) in [4.78, 5) is 22.9. The quantitative estimate of drug-likeness (QED) is 0.450. The predicted octanol–water partition coefficient (Wildman–Crippen LogP) is 5.90. The summed E-state index contributed by atoms with van der Waals surface area (Å²) >= 11 is 1.76. The number of carbonyl (C=O) groups excluding carboxylic acids is 1. The zero-order valence-electron chi connectivity index (χ0n) is 18.7. The number of benzene rings is 1. The molecule has 2 amide bonds. The largest absolute Gasteiger partial charge is 0.416 e. The maximum Gasteiger partial charge on any atom is 0.416 e. The number of aromatic nitrogens is 1. The molecule has 0 unspecified atom stereocenters. The number of likely N-dealkylation sites (tertiary alicyclic amines) is 1. The predicted molar refractivity (Wildman–Crippen MR) is 128 cm³/mol. The van der Waals surface area contributed by atoms with Crippen LogP contribution in [0.4, 0.5) is 23.7 Å². The molecule has 1 aromatic carbocycles. The minimum absolute atomic E-state index is 0.0102. The molecule has 1 fully saturated rings. The summed E-state index contributed by atoms with van der Waals surface area (Å²) in [5, 5.41) is 4.77. The third kappa shape index (κ3) is 6.57. The molecule has 0 atom stereocenters. The second-order valence-electron chi connectivity index (χ2n) is 8.40. The summed E-state index contributed by atoms with van der Waals surface area (Å²) < 4.78 is 39.3. The van der Waals surface area contributed by atoms with Gasteiger partial charge in [-0.3, -0.25) is 4.98 Å². The number of alkyl halides is 3. The van der Waals surface area contributed by atoms with E-state index in [4.69, 9.17) is 0 Å². The molecule has 5 nitrogen and oxygen atoms in total. The Labute approximate surface area is 201 Å². The molecule has 1 aliphatic rings. The van der Waals surface area contributed by atoms with Gasteiger partial charge in [0.05, 0.1) is 5.56 Å². The van der Waals surface area contributed by atoms with E-state index in [1.165, 1.54) is 17.0 Å². The number of thiophene rings is 1. The monoisotopic (exact) mass is 488 g/mol. The van der Waals surface area contributed by atoms with Gasteiger partial charge in [-0.15, -0.1) is 11.3 Å². The van der Waals surface area contributed by atoms with Gasteiger partial charge in [-0.1, -0.05) is 18.2 Å². The van der Waals surface area contributed by atoms with Crippen molar-refractivity contribution in [3.8, 4) is 0 Å². The lowest BCUT2D eigenvalue weighted by molar-refractivity contribution is -0.137. The smallest absolute Gasteiger partial charge is 0.317 e. The zero-order valence-corrected chi connectivity index (χ0v) is 19.5. The molecule has 34 heavy (non-hydrogen) atoms. The molecule has 0 saturated carbocycles. The van der Waals surface area contributed by atoms with Gasteiger partial charge in [-0.2, -0.15) is 13.2 Å². The van der Waals surface area contributed by atoms with Gasteiger partial charge in [0.15, 0.2) is 0 Å². The second-order valence-corrected chi connectivity index (χ2v) is 9.43. The maximum atomic E-state index is 13.2. The number of amides is 2. The van der Waals surface area contributed by atoms with Crippen LogP contribution in [0.5, 0.6) is 0 Å². The van der Waals surface area contributed by atoms with Gasteiger partial charge < -0.3 is 15.1 Å². The first-order valence-corrected chi connectivity index (χ1v) is 12.1. The first-order chi connectivity index (χ1) is 16.4. The van der Waals surface area contributed by atoms with E-state index in [9.17, 15) is 18.0 Å². The van der Waals surface area contributed by atoms with E-state index in [0.717, 1.165) is 56.6 Å². The van der Waals surface area contributed by atoms with Crippen LogP contribution < -0.4 is 5.32 Å². The molecular weight excluding hydrogens is 461 g/mol. The molecule has 1 saturated heterocycles. The average molecular weight is 489 g/mol. The van der Waals surface area contributed by atoms with E-state index in [2.05, 4.69) is 32.7 Å². The Morgan fingerprint density at radius 3 is 2.65 bits per heavy atom. The molecule has 3 aromatic rings. The molecule has 180 valence electrons. The summed E-state index contributed by atoms with van der Waals surface area (Å²) in [5.74, 6) is 0. The van der Waals surface area contributed by atoms with Gasteiger partial charge in [-0.05, 0) is 60.5 Å². The number of hydrogen-bond acceptors (Lipinski definition) is 4. The molecule has 1 aliphatic heterocycles. The molecular formula is C25H27F3N4OS. The van der Waals surface area contributed by atoms with Crippen LogP contribution in [0.1, 0.15) is 28.8 Å². The van der Waals surface area contributed by atoms with Crippen molar-refractivity contribution in [3.05, 3.63) is 82.3 Å². The fraction of sp³-hybridized carbons (Fsp3) is 0.360. The minimum atomic E-state index is -4.47. The normalized spacial score (nSPS) is 15.3. The van der Waals surface area contributed by atoms with Gasteiger partial charge in [0.1, 0.15) is 0 Å². The Morgan fingerprint density at radius 2 is 1.97 bits per heavy atom. The van der Waals surface area contributed by atoms with E-state index < -0.39 is 17.8 Å². The van der Waals surface area contributed by atoms with Crippen LogP contribution in [0.15, 0.2) is 66.3 Å². The highest BCUT2D eigenvalue weighted by Gasteiger charge is 2.31. The van der Waals surface area contributed by atoms with Crippen molar-refractivity contribution >= 4 is 23.1 Å². The lowest BCUT2D eigenvalue weighted by Gasteiger charge is -2.38. The lowest BCUT2D eigenvalue weighted by atomic mass is 10.0. The Balaban J connectivity index is 1.42. The van der Waals surface area contributed by atoms with Crippen LogP contribution in [0, 0.1) is 0 Å². The number of urea groups is 1. The molecule has 0 bridgehead atoms. The van der Waals surface area contributed by atoms with E-state index in [1.54, 1.807) is 28.6 Å². The fourth-order valence-electron chi connectivity index (χ4n) is 4.20. The Bertz CT molecular complexity index is 1050. The van der Waals surface area contributed by atoms with Crippen LogP contribution in [-0.4, -0.2) is 46.5 Å². The summed E-state index contributed by atoms with van der Waals surface area (Å²) in [5.41, 5.74) is 0.217. The molecule has 0 radical (unpaired) electrons.